The molecule has 0 radical (unpaired) electrons. The molecule has 0 aliphatic carbocycles. The lowest BCUT2D eigenvalue weighted by Crippen LogP contribution is -1.85. The van der Waals surface area contributed by atoms with Crippen LogP contribution in [0.15, 0.2) is 5.16 Å². The molecular weight excluding hydrogens is 122 g/mol. The monoisotopic (exact) mass is 122 g/mol. The number of isocyanates is 1. The highest BCUT2D eigenvalue weighted by molar-refractivity contribution is 7.74. The molecule has 0 fully saturated rings. The Balaban J connectivity index is 3.32. The van der Waals surface area contributed by atoms with E-state index in [-0.39, 0.29) is 0 Å². The molecule has 0 aromatic heterocycles. The Labute approximate surface area is 41.5 Å². The van der Waals surface area contributed by atoms with Crippen molar-refractivity contribution in [1.29, 1.82) is 0 Å². The maximum atomic E-state index is 9.26. The number of nitrogens with zero attached hydrogens (tertiary/aromatic N) is 1. The van der Waals surface area contributed by atoms with Gasteiger partial charge in [-0.15, -0.1) is 0 Å². The number of rotatable bonds is 2. The number of hydrogen-bond acceptors (Lipinski definition) is 5. The summed E-state index contributed by atoms with van der Waals surface area (Å²) in [5.74, 6) is 0. The fourth-order valence-electron chi connectivity index (χ4n) is 0.0456. The lowest BCUT2D eigenvalue weighted by Gasteiger charge is -1.93. The van der Waals surface area contributed by atoms with Gasteiger partial charge in [0.1, 0.15) is 0 Å². The van der Waals surface area contributed by atoms with Crippen LogP contribution in [0.5, 0.6) is 0 Å². The second kappa shape index (κ2) is 3.48. The highest BCUT2D eigenvalue weighted by atomic mass is 32.2. The minimum Gasteiger partial charge on any atom is -0.738 e. The minimum absolute atomic E-state index is 0.859. The highest BCUT2D eigenvalue weighted by Crippen LogP contribution is 1.73. The lowest BCUT2D eigenvalue weighted by atomic mass is 11.7. The van der Waals surface area contributed by atoms with Crippen LogP contribution >= 0.6 is 0 Å². The van der Waals surface area contributed by atoms with Gasteiger partial charge in [-0.2, -0.15) is 0 Å². The first-order chi connectivity index (χ1) is 3.27. The van der Waals surface area contributed by atoms with E-state index >= 15 is 0 Å². The van der Waals surface area contributed by atoms with Crippen molar-refractivity contribution in [3.05, 3.63) is 0 Å². The van der Waals surface area contributed by atoms with Crippen LogP contribution in [0.4, 0.5) is 0 Å². The predicted octanol–water partition coefficient (Wildman–Crippen LogP) is -0.952. The number of hydrogen-bond donors (Lipinski definition) is 0. The van der Waals surface area contributed by atoms with E-state index < -0.39 is 11.4 Å². The molecule has 0 heterocycles. The van der Waals surface area contributed by atoms with Crippen molar-refractivity contribution in [2.45, 2.75) is 0 Å². The topological polar surface area (TPSA) is 78.8 Å². The summed E-state index contributed by atoms with van der Waals surface area (Å²) in [6, 6.07) is 0. The van der Waals surface area contributed by atoms with Gasteiger partial charge in [0, 0.05) is 5.16 Å². The summed E-state index contributed by atoms with van der Waals surface area (Å²) < 4.78 is 21.8. The Morgan fingerprint density at radius 2 is 2.43 bits per heavy atom. The molecule has 7 heavy (non-hydrogen) atoms. The Kier molecular flexibility index (Phi) is 3.13. The van der Waals surface area contributed by atoms with Crippen LogP contribution in [0.2, 0.25) is 0 Å². The van der Waals surface area contributed by atoms with Gasteiger partial charge in [0.2, 0.25) is 0 Å². The second-order valence-corrected chi connectivity index (χ2v) is 1.02. The van der Waals surface area contributed by atoms with E-state index in [2.05, 4.69) is 9.44 Å². The van der Waals surface area contributed by atoms with Crippen LogP contribution in [-0.4, -0.2) is 14.8 Å². The van der Waals surface area contributed by atoms with Gasteiger partial charge in [-0.25, -0.2) is 9.00 Å². The maximum Gasteiger partial charge on any atom is 0.277 e. The fraction of sp³-hybridized carbons (Fsp3) is 0. The zero-order valence-electron chi connectivity index (χ0n) is 2.99. The Morgan fingerprint density at radius 3 is 2.57 bits per heavy atom. The third-order valence-electron chi connectivity index (χ3n) is 0.135. The van der Waals surface area contributed by atoms with Crippen molar-refractivity contribution in [3.63, 3.8) is 0 Å². The van der Waals surface area contributed by atoms with Crippen LogP contribution in [0.3, 0.4) is 0 Å². The van der Waals surface area contributed by atoms with Crippen LogP contribution < -0.4 is 0 Å². The van der Waals surface area contributed by atoms with E-state index in [1.807, 2.05) is 0 Å². The minimum atomic E-state index is -2.74. The third-order valence-corrected chi connectivity index (χ3v) is 0.332. The fourth-order valence-corrected chi connectivity index (χ4v) is 0.137. The van der Waals surface area contributed by atoms with Gasteiger partial charge in [-0.3, -0.25) is 4.28 Å². The molecule has 6 heteroatoms. The Hall–Kier alpha value is -0.710. The zero-order valence-corrected chi connectivity index (χ0v) is 3.80. The largest absolute Gasteiger partial charge is 0.738 e. The van der Waals surface area contributed by atoms with Gasteiger partial charge >= 0.3 is 0 Å². The molecule has 0 amide bonds. The van der Waals surface area contributed by atoms with Crippen molar-refractivity contribution in [2.75, 3.05) is 0 Å². The van der Waals surface area contributed by atoms with Gasteiger partial charge in [-0.05, 0) is 0 Å². The van der Waals surface area contributed by atoms with Gasteiger partial charge in [0.25, 0.3) is 6.08 Å². The first-order valence-electron chi connectivity index (χ1n) is 1.11. The second-order valence-electron chi connectivity index (χ2n) is 0.461. The molecule has 0 rings (SSSR count). The van der Waals surface area contributed by atoms with Crippen molar-refractivity contribution in [3.8, 4) is 0 Å². The van der Waals surface area contributed by atoms with Crippen molar-refractivity contribution in [1.82, 2.24) is 0 Å². The predicted molar refractivity (Wildman–Crippen MR) is 18.1 cm³/mol. The normalized spacial score (nSPS) is 11.6. The SMILES string of the molecule is O=C=NOS(=O)[O-]. The first kappa shape index (κ1) is 6.29. The average molecular weight is 122 g/mol. The van der Waals surface area contributed by atoms with Crippen molar-refractivity contribution in [2.24, 2.45) is 5.16 Å². The van der Waals surface area contributed by atoms with E-state index in [0.29, 0.717) is 0 Å². The van der Waals surface area contributed by atoms with E-state index in [9.17, 15) is 8.76 Å². The van der Waals surface area contributed by atoms with E-state index in [1.165, 1.54) is 0 Å². The maximum absolute atomic E-state index is 9.26. The van der Waals surface area contributed by atoms with Gasteiger partial charge in [0.05, 0.1) is 0 Å². The summed E-state index contributed by atoms with van der Waals surface area (Å²) in [7, 11) is 0. The summed E-state index contributed by atoms with van der Waals surface area (Å²) in [4.78, 5) is 9.02. The molecule has 1 atom stereocenters. The molecule has 0 aliphatic rings. The summed E-state index contributed by atoms with van der Waals surface area (Å²) >= 11 is -2.74. The molecule has 0 saturated heterocycles. The Morgan fingerprint density at radius 1 is 1.86 bits per heavy atom. The highest BCUT2D eigenvalue weighted by Gasteiger charge is 1.69. The average Bonchev–Trinajstić information content (AvgIpc) is 1.61. The molecule has 0 bridgehead atoms. The lowest BCUT2D eigenvalue weighted by molar-refractivity contribution is 0.315. The smallest absolute Gasteiger partial charge is 0.277 e. The molecule has 0 aliphatic heterocycles. The van der Waals surface area contributed by atoms with Crippen LogP contribution in [0, 0.1) is 0 Å². The molecular formula is CNO4S-. The van der Waals surface area contributed by atoms with E-state index in [4.69, 9.17) is 4.79 Å². The summed E-state index contributed by atoms with van der Waals surface area (Å²) in [6.07, 6.45) is 0.859. The molecule has 0 saturated carbocycles. The quantitative estimate of drug-likeness (QED) is 0.204. The van der Waals surface area contributed by atoms with E-state index in [0.717, 1.165) is 6.08 Å². The third kappa shape index (κ3) is 5.29. The first-order valence-corrected chi connectivity index (χ1v) is 2.11. The molecule has 0 spiro atoms. The van der Waals surface area contributed by atoms with Gasteiger partial charge in [0.15, 0.2) is 11.4 Å². The standard InChI is InChI=1S/CHNO4S/c3-1-2-6-7(4)5/h(H,4,5)/p-1. The van der Waals surface area contributed by atoms with Crippen LogP contribution in [0.1, 0.15) is 0 Å². The van der Waals surface area contributed by atoms with Gasteiger partial charge < -0.3 is 4.55 Å². The molecule has 1 unspecified atom stereocenters. The zero-order chi connectivity index (χ0) is 5.70. The van der Waals surface area contributed by atoms with Gasteiger partial charge in [-0.1, -0.05) is 0 Å². The van der Waals surface area contributed by atoms with Crippen LogP contribution in [0.25, 0.3) is 0 Å². The summed E-state index contributed by atoms with van der Waals surface area (Å²) in [5.41, 5.74) is 0. The summed E-state index contributed by atoms with van der Waals surface area (Å²) in [6.45, 7) is 0. The summed E-state index contributed by atoms with van der Waals surface area (Å²) in [5, 5.41) is 2.25. The van der Waals surface area contributed by atoms with Crippen molar-refractivity contribution >= 4 is 17.4 Å². The molecule has 0 aromatic rings. The molecule has 40 valence electrons. The van der Waals surface area contributed by atoms with Crippen LogP contribution in [-0.2, 0) is 20.4 Å². The molecule has 0 N–H and O–H groups in total. The van der Waals surface area contributed by atoms with Crippen molar-refractivity contribution < 1.29 is 17.8 Å². The number of carbonyl (C=O) groups excluding carboxylic acids is 1. The molecule has 5 nitrogen and oxygen atoms in total. The Bertz CT molecular complexity index is 115. The van der Waals surface area contributed by atoms with E-state index in [1.54, 1.807) is 0 Å². The molecule has 0 aromatic carbocycles.